The summed E-state index contributed by atoms with van der Waals surface area (Å²) in [6.07, 6.45) is 1.58. The SMILES string of the molecule is N#CCc1ccc(S(=O)(=O)Nc2ccc(Cl)nc2)cc1. The van der Waals surface area contributed by atoms with Crippen LogP contribution in [0.15, 0.2) is 47.5 Å². The fraction of sp³-hybridized carbons (Fsp3) is 0.0769. The van der Waals surface area contributed by atoms with E-state index in [0.29, 0.717) is 5.69 Å². The molecule has 0 unspecified atom stereocenters. The van der Waals surface area contributed by atoms with Crippen molar-refractivity contribution in [2.75, 3.05) is 4.72 Å². The van der Waals surface area contributed by atoms with Crippen LogP contribution in [0.5, 0.6) is 0 Å². The van der Waals surface area contributed by atoms with Crippen LogP contribution < -0.4 is 4.72 Å². The molecule has 0 aliphatic heterocycles. The van der Waals surface area contributed by atoms with Gasteiger partial charge < -0.3 is 0 Å². The fourth-order valence-corrected chi connectivity index (χ4v) is 2.68. The molecular formula is C13H10ClN3O2S. The van der Waals surface area contributed by atoms with Gasteiger partial charge in [0, 0.05) is 0 Å². The minimum Gasteiger partial charge on any atom is -0.278 e. The van der Waals surface area contributed by atoms with Gasteiger partial charge in [0.05, 0.1) is 29.3 Å². The van der Waals surface area contributed by atoms with Gasteiger partial charge in [-0.15, -0.1) is 0 Å². The molecule has 2 rings (SSSR count). The largest absolute Gasteiger partial charge is 0.278 e. The molecule has 5 nitrogen and oxygen atoms in total. The van der Waals surface area contributed by atoms with Gasteiger partial charge in [-0.2, -0.15) is 5.26 Å². The van der Waals surface area contributed by atoms with Crippen LogP contribution in [0.1, 0.15) is 5.56 Å². The van der Waals surface area contributed by atoms with Gasteiger partial charge in [0.15, 0.2) is 0 Å². The highest BCUT2D eigenvalue weighted by Gasteiger charge is 2.14. The van der Waals surface area contributed by atoms with Crippen LogP contribution in [0.4, 0.5) is 5.69 Å². The Bertz CT molecular complexity index is 735. The zero-order chi connectivity index (χ0) is 14.6. The van der Waals surface area contributed by atoms with E-state index >= 15 is 0 Å². The van der Waals surface area contributed by atoms with Crippen molar-refractivity contribution < 1.29 is 8.42 Å². The molecule has 0 amide bonds. The Hall–Kier alpha value is -2.10. The lowest BCUT2D eigenvalue weighted by Crippen LogP contribution is -2.13. The highest BCUT2D eigenvalue weighted by molar-refractivity contribution is 7.92. The van der Waals surface area contributed by atoms with Gasteiger partial charge in [-0.1, -0.05) is 23.7 Å². The average molecular weight is 308 g/mol. The predicted octanol–water partition coefficient (Wildman–Crippen LogP) is 2.60. The molecule has 0 bridgehead atoms. The Balaban J connectivity index is 2.22. The lowest BCUT2D eigenvalue weighted by Gasteiger charge is -2.08. The van der Waals surface area contributed by atoms with Gasteiger partial charge in [0.25, 0.3) is 10.0 Å². The third-order valence-electron chi connectivity index (χ3n) is 2.50. The van der Waals surface area contributed by atoms with Gasteiger partial charge >= 0.3 is 0 Å². The number of sulfonamides is 1. The highest BCUT2D eigenvalue weighted by atomic mass is 35.5. The van der Waals surface area contributed by atoms with E-state index < -0.39 is 10.0 Å². The standard InChI is InChI=1S/C13H10ClN3O2S/c14-13-6-3-11(9-16-13)17-20(18,19)12-4-1-10(2-5-12)7-8-15/h1-6,9,17H,7H2. The minimum absolute atomic E-state index is 0.120. The summed E-state index contributed by atoms with van der Waals surface area (Å²) in [4.78, 5) is 3.92. The second-order valence-corrected chi connectivity index (χ2v) is 6.02. The second kappa shape index (κ2) is 5.90. The van der Waals surface area contributed by atoms with E-state index in [0.717, 1.165) is 5.56 Å². The molecule has 0 spiro atoms. The molecular weight excluding hydrogens is 298 g/mol. The highest BCUT2D eigenvalue weighted by Crippen LogP contribution is 2.17. The normalized spacial score (nSPS) is 10.8. The van der Waals surface area contributed by atoms with Crippen molar-refractivity contribution >= 4 is 27.3 Å². The van der Waals surface area contributed by atoms with Crippen molar-refractivity contribution in [3.05, 3.63) is 53.3 Å². The first-order chi connectivity index (χ1) is 9.51. The number of anilines is 1. The van der Waals surface area contributed by atoms with E-state index in [1.807, 2.05) is 6.07 Å². The number of rotatable bonds is 4. The fourth-order valence-electron chi connectivity index (χ4n) is 1.53. The summed E-state index contributed by atoms with van der Waals surface area (Å²) < 4.78 is 26.6. The van der Waals surface area contributed by atoms with Crippen LogP contribution in [0, 0.1) is 11.3 Å². The van der Waals surface area contributed by atoms with Gasteiger partial charge in [-0.05, 0) is 29.8 Å². The van der Waals surface area contributed by atoms with E-state index in [-0.39, 0.29) is 16.5 Å². The molecule has 0 saturated carbocycles. The molecule has 0 atom stereocenters. The maximum Gasteiger partial charge on any atom is 0.261 e. The van der Waals surface area contributed by atoms with Crippen molar-refractivity contribution in [1.29, 1.82) is 5.26 Å². The molecule has 20 heavy (non-hydrogen) atoms. The molecule has 1 aromatic heterocycles. The number of nitriles is 1. The maximum atomic E-state index is 12.1. The van der Waals surface area contributed by atoms with Crippen molar-refractivity contribution in [1.82, 2.24) is 4.98 Å². The number of halogens is 1. The van der Waals surface area contributed by atoms with Crippen LogP contribution in [-0.4, -0.2) is 13.4 Å². The summed E-state index contributed by atoms with van der Waals surface area (Å²) in [5, 5.41) is 8.85. The van der Waals surface area contributed by atoms with E-state index in [1.165, 1.54) is 30.5 Å². The van der Waals surface area contributed by atoms with Crippen molar-refractivity contribution in [3.63, 3.8) is 0 Å². The Labute approximate surface area is 121 Å². The Morgan fingerprint density at radius 2 is 1.90 bits per heavy atom. The summed E-state index contributed by atoms with van der Waals surface area (Å²) in [5.74, 6) is 0. The first-order valence-electron chi connectivity index (χ1n) is 5.61. The zero-order valence-corrected chi connectivity index (χ0v) is 11.8. The average Bonchev–Trinajstić information content (AvgIpc) is 2.42. The molecule has 7 heteroatoms. The van der Waals surface area contributed by atoms with Crippen LogP contribution in [0.2, 0.25) is 5.15 Å². The van der Waals surface area contributed by atoms with E-state index in [2.05, 4.69) is 9.71 Å². The van der Waals surface area contributed by atoms with Gasteiger partial charge in [0.1, 0.15) is 5.15 Å². The molecule has 0 aliphatic rings. The number of hydrogen-bond acceptors (Lipinski definition) is 4. The van der Waals surface area contributed by atoms with Crippen LogP contribution >= 0.6 is 11.6 Å². The quantitative estimate of drug-likeness (QED) is 0.880. The second-order valence-electron chi connectivity index (χ2n) is 3.95. The molecule has 0 aliphatic carbocycles. The Morgan fingerprint density at radius 1 is 1.20 bits per heavy atom. The number of benzene rings is 1. The predicted molar refractivity (Wildman–Crippen MR) is 75.8 cm³/mol. The first kappa shape index (κ1) is 14.3. The number of pyridine rings is 1. The Morgan fingerprint density at radius 3 is 2.45 bits per heavy atom. The van der Waals surface area contributed by atoms with E-state index in [9.17, 15) is 8.42 Å². The summed E-state index contributed by atoms with van der Waals surface area (Å²) >= 11 is 5.63. The summed E-state index contributed by atoms with van der Waals surface area (Å²) in [6, 6.07) is 11.2. The smallest absolute Gasteiger partial charge is 0.261 e. The molecule has 0 saturated heterocycles. The van der Waals surface area contributed by atoms with E-state index in [4.69, 9.17) is 16.9 Å². The van der Waals surface area contributed by atoms with Crippen molar-refractivity contribution in [3.8, 4) is 6.07 Å². The minimum atomic E-state index is -3.67. The third kappa shape index (κ3) is 3.47. The van der Waals surface area contributed by atoms with Crippen LogP contribution in [0.25, 0.3) is 0 Å². The molecule has 0 fully saturated rings. The number of nitrogens with zero attached hydrogens (tertiary/aromatic N) is 2. The van der Waals surface area contributed by atoms with Gasteiger partial charge in [0.2, 0.25) is 0 Å². The maximum absolute atomic E-state index is 12.1. The van der Waals surface area contributed by atoms with Crippen molar-refractivity contribution in [2.45, 2.75) is 11.3 Å². The lowest BCUT2D eigenvalue weighted by molar-refractivity contribution is 0.601. The third-order valence-corrected chi connectivity index (χ3v) is 4.12. The molecule has 1 N–H and O–H groups in total. The summed E-state index contributed by atoms with van der Waals surface area (Å²) in [5.41, 5.74) is 1.09. The zero-order valence-electron chi connectivity index (χ0n) is 10.2. The monoisotopic (exact) mass is 307 g/mol. The van der Waals surface area contributed by atoms with Crippen LogP contribution in [0.3, 0.4) is 0 Å². The Kier molecular flexibility index (Phi) is 4.23. The molecule has 102 valence electrons. The summed E-state index contributed by atoms with van der Waals surface area (Å²) in [6.45, 7) is 0. The number of nitrogens with one attached hydrogen (secondary N) is 1. The topological polar surface area (TPSA) is 82.8 Å². The number of hydrogen-bond donors (Lipinski definition) is 1. The van der Waals surface area contributed by atoms with Crippen LogP contribution in [-0.2, 0) is 16.4 Å². The first-order valence-corrected chi connectivity index (χ1v) is 7.47. The molecule has 1 aromatic carbocycles. The van der Waals surface area contributed by atoms with E-state index in [1.54, 1.807) is 12.1 Å². The summed E-state index contributed by atoms with van der Waals surface area (Å²) in [7, 11) is -3.67. The molecule has 0 radical (unpaired) electrons. The van der Waals surface area contributed by atoms with Gasteiger partial charge in [-0.25, -0.2) is 13.4 Å². The lowest BCUT2D eigenvalue weighted by atomic mass is 10.2. The molecule has 1 heterocycles. The number of aromatic nitrogens is 1. The molecule has 2 aromatic rings. The van der Waals surface area contributed by atoms with Crippen molar-refractivity contribution in [2.24, 2.45) is 0 Å². The van der Waals surface area contributed by atoms with Gasteiger partial charge in [-0.3, -0.25) is 4.72 Å².